The van der Waals surface area contributed by atoms with E-state index in [0.717, 1.165) is 45.5 Å². The number of hydrogen-bond donors (Lipinski definition) is 0. The Morgan fingerprint density at radius 1 is 0.576 bits per heavy atom. The first-order valence-corrected chi connectivity index (χ1v) is 10.9. The second-order valence-electron chi connectivity index (χ2n) is 8.59. The monoisotopic (exact) mass is 430 g/mol. The first-order chi connectivity index (χ1) is 16.1. The van der Waals surface area contributed by atoms with Gasteiger partial charge in [0.2, 0.25) is 0 Å². The Kier molecular flexibility index (Phi) is 4.33. The van der Waals surface area contributed by atoms with Gasteiger partial charge in [0, 0.05) is 17.8 Å². The number of imidazole rings is 2. The van der Waals surface area contributed by atoms with Crippen LogP contribution in [0.5, 0.6) is 0 Å². The SMILES string of the molecule is CC(C)(c1cccc(-c2cnc3ccccn23)n1)c1cccc(-c2cnc3ccccn23)n1. The molecule has 33 heavy (non-hydrogen) atoms. The van der Waals surface area contributed by atoms with Crippen molar-refractivity contribution in [3.8, 4) is 22.8 Å². The molecule has 0 radical (unpaired) electrons. The maximum Gasteiger partial charge on any atom is 0.137 e. The van der Waals surface area contributed by atoms with Crippen LogP contribution >= 0.6 is 0 Å². The lowest BCUT2D eigenvalue weighted by molar-refractivity contribution is 0.596. The molecular formula is C27H22N6. The number of hydrogen-bond acceptors (Lipinski definition) is 4. The van der Waals surface area contributed by atoms with Crippen molar-refractivity contribution in [2.45, 2.75) is 19.3 Å². The average molecular weight is 431 g/mol. The van der Waals surface area contributed by atoms with Gasteiger partial charge < -0.3 is 0 Å². The molecule has 160 valence electrons. The van der Waals surface area contributed by atoms with Crippen molar-refractivity contribution in [1.82, 2.24) is 28.7 Å². The standard InChI is InChI=1S/C27H22N6/c1-27(2,23-11-7-9-19(30-23)21-17-28-25-13-3-5-15-32(21)25)24-12-8-10-20(31-24)22-18-29-26-14-4-6-16-33(22)26/h3-18H,1-2H3. The zero-order valence-electron chi connectivity index (χ0n) is 18.4. The number of nitrogens with zero attached hydrogens (tertiary/aromatic N) is 6. The largest absolute Gasteiger partial charge is 0.298 e. The number of aromatic nitrogens is 6. The van der Waals surface area contributed by atoms with Crippen LogP contribution < -0.4 is 0 Å². The van der Waals surface area contributed by atoms with E-state index in [1.807, 2.05) is 73.3 Å². The van der Waals surface area contributed by atoms with Gasteiger partial charge in [0.1, 0.15) is 11.3 Å². The fourth-order valence-electron chi connectivity index (χ4n) is 4.23. The van der Waals surface area contributed by atoms with E-state index < -0.39 is 5.41 Å². The third kappa shape index (κ3) is 3.19. The minimum atomic E-state index is -0.396. The average Bonchev–Trinajstić information content (AvgIpc) is 3.49. The first kappa shape index (κ1) is 19.4. The zero-order valence-corrected chi connectivity index (χ0v) is 18.4. The summed E-state index contributed by atoms with van der Waals surface area (Å²) >= 11 is 0. The molecule has 0 aliphatic heterocycles. The zero-order chi connectivity index (χ0) is 22.4. The van der Waals surface area contributed by atoms with Crippen molar-refractivity contribution in [1.29, 1.82) is 0 Å². The Morgan fingerprint density at radius 3 is 1.55 bits per heavy atom. The molecule has 6 aromatic heterocycles. The summed E-state index contributed by atoms with van der Waals surface area (Å²) in [6.45, 7) is 4.32. The maximum absolute atomic E-state index is 5.04. The molecule has 0 aliphatic carbocycles. The van der Waals surface area contributed by atoms with Gasteiger partial charge in [-0.3, -0.25) is 18.8 Å². The van der Waals surface area contributed by atoms with Crippen LogP contribution in [-0.2, 0) is 5.41 Å². The summed E-state index contributed by atoms with van der Waals surface area (Å²) < 4.78 is 4.12. The van der Waals surface area contributed by atoms with Crippen molar-refractivity contribution in [3.05, 3.63) is 109 Å². The number of rotatable bonds is 4. The molecule has 6 nitrogen and oxygen atoms in total. The number of pyridine rings is 4. The molecule has 6 heteroatoms. The predicted molar refractivity (Wildman–Crippen MR) is 129 cm³/mol. The third-order valence-electron chi connectivity index (χ3n) is 6.14. The second-order valence-corrected chi connectivity index (χ2v) is 8.59. The molecule has 0 spiro atoms. The predicted octanol–water partition coefficient (Wildman–Crippen LogP) is 5.43. The van der Waals surface area contributed by atoms with Gasteiger partial charge in [0.15, 0.2) is 0 Å². The van der Waals surface area contributed by atoms with E-state index in [1.165, 1.54) is 0 Å². The summed E-state index contributed by atoms with van der Waals surface area (Å²) in [5.41, 5.74) is 7.03. The first-order valence-electron chi connectivity index (χ1n) is 10.9. The molecule has 0 aliphatic rings. The second kappa shape index (κ2) is 7.38. The molecule has 0 fully saturated rings. The van der Waals surface area contributed by atoms with Crippen LogP contribution in [0.25, 0.3) is 34.1 Å². The molecular weight excluding hydrogens is 408 g/mol. The molecule has 0 saturated carbocycles. The van der Waals surface area contributed by atoms with Crippen LogP contribution in [0.1, 0.15) is 25.2 Å². The van der Waals surface area contributed by atoms with E-state index >= 15 is 0 Å². The quantitative estimate of drug-likeness (QED) is 0.374. The Balaban J connectivity index is 1.42. The third-order valence-corrected chi connectivity index (χ3v) is 6.14. The summed E-state index contributed by atoms with van der Waals surface area (Å²) in [6, 6.07) is 24.2. The molecule has 0 aromatic carbocycles. The highest BCUT2D eigenvalue weighted by Gasteiger charge is 2.27. The molecule has 0 N–H and O–H groups in total. The van der Waals surface area contributed by atoms with Gasteiger partial charge in [-0.15, -0.1) is 0 Å². The molecule has 6 rings (SSSR count). The highest BCUT2D eigenvalue weighted by Crippen LogP contribution is 2.32. The molecule has 6 aromatic rings. The van der Waals surface area contributed by atoms with E-state index in [9.17, 15) is 0 Å². The van der Waals surface area contributed by atoms with Crippen LogP contribution in [0.4, 0.5) is 0 Å². The van der Waals surface area contributed by atoms with Crippen molar-refractivity contribution in [3.63, 3.8) is 0 Å². The summed E-state index contributed by atoms with van der Waals surface area (Å²) in [4.78, 5) is 19.1. The van der Waals surface area contributed by atoms with Crippen molar-refractivity contribution in [2.24, 2.45) is 0 Å². The minimum Gasteiger partial charge on any atom is -0.298 e. The van der Waals surface area contributed by atoms with Crippen LogP contribution in [0.15, 0.2) is 97.6 Å². The lowest BCUT2D eigenvalue weighted by Crippen LogP contribution is -2.22. The van der Waals surface area contributed by atoms with Gasteiger partial charge in [0.05, 0.1) is 46.6 Å². The molecule has 0 saturated heterocycles. The van der Waals surface area contributed by atoms with Crippen LogP contribution in [-0.4, -0.2) is 28.7 Å². The summed E-state index contributed by atoms with van der Waals surface area (Å²) in [7, 11) is 0. The van der Waals surface area contributed by atoms with Gasteiger partial charge in [-0.05, 0) is 62.4 Å². The van der Waals surface area contributed by atoms with E-state index in [-0.39, 0.29) is 0 Å². The highest BCUT2D eigenvalue weighted by atomic mass is 15.0. The van der Waals surface area contributed by atoms with Crippen LogP contribution in [0, 0.1) is 0 Å². The Hall–Kier alpha value is -4.32. The molecule has 6 heterocycles. The summed E-state index contributed by atoms with van der Waals surface area (Å²) in [5, 5.41) is 0. The fraction of sp³-hybridized carbons (Fsp3) is 0.111. The number of fused-ring (bicyclic) bond motifs is 2. The van der Waals surface area contributed by atoms with Crippen molar-refractivity contribution >= 4 is 11.3 Å². The molecule has 0 unspecified atom stereocenters. The minimum absolute atomic E-state index is 0.396. The van der Waals surface area contributed by atoms with Gasteiger partial charge in [-0.25, -0.2) is 9.97 Å². The normalized spacial score (nSPS) is 11.9. The van der Waals surface area contributed by atoms with Crippen LogP contribution in [0.3, 0.4) is 0 Å². The summed E-state index contributed by atoms with van der Waals surface area (Å²) in [5.74, 6) is 0. The van der Waals surface area contributed by atoms with E-state index in [0.29, 0.717) is 0 Å². The Bertz CT molecular complexity index is 1490. The van der Waals surface area contributed by atoms with Crippen LogP contribution in [0.2, 0.25) is 0 Å². The maximum atomic E-state index is 5.04. The van der Waals surface area contributed by atoms with Gasteiger partial charge >= 0.3 is 0 Å². The Morgan fingerprint density at radius 2 is 1.06 bits per heavy atom. The molecule has 0 atom stereocenters. The molecule has 0 bridgehead atoms. The van der Waals surface area contributed by atoms with Gasteiger partial charge in [-0.1, -0.05) is 24.3 Å². The molecule has 0 amide bonds. The van der Waals surface area contributed by atoms with E-state index in [2.05, 4.69) is 56.9 Å². The van der Waals surface area contributed by atoms with Crippen molar-refractivity contribution in [2.75, 3.05) is 0 Å². The Labute approximate surface area is 191 Å². The topological polar surface area (TPSA) is 60.4 Å². The van der Waals surface area contributed by atoms with Crippen molar-refractivity contribution < 1.29 is 0 Å². The lowest BCUT2D eigenvalue weighted by atomic mass is 9.84. The smallest absolute Gasteiger partial charge is 0.137 e. The fourth-order valence-corrected chi connectivity index (χ4v) is 4.23. The van der Waals surface area contributed by atoms with Gasteiger partial charge in [-0.2, -0.15) is 0 Å². The summed E-state index contributed by atoms with van der Waals surface area (Å²) in [6.07, 6.45) is 7.77. The lowest BCUT2D eigenvalue weighted by Gasteiger charge is -2.24. The van der Waals surface area contributed by atoms with E-state index in [4.69, 9.17) is 9.97 Å². The van der Waals surface area contributed by atoms with Gasteiger partial charge in [0.25, 0.3) is 0 Å². The highest BCUT2D eigenvalue weighted by molar-refractivity contribution is 5.62. The van der Waals surface area contributed by atoms with E-state index in [1.54, 1.807) is 0 Å².